The zero-order valence-corrected chi connectivity index (χ0v) is 16.0. The Hall–Kier alpha value is -2.28. The second-order valence-electron chi connectivity index (χ2n) is 5.60. The van der Waals surface area contributed by atoms with E-state index in [4.69, 9.17) is 9.47 Å². The van der Waals surface area contributed by atoms with Crippen LogP contribution in [-0.2, 0) is 4.74 Å². The average Bonchev–Trinajstić information content (AvgIpc) is 3.01. The third-order valence-electron chi connectivity index (χ3n) is 3.15. The third-order valence-corrected chi connectivity index (χ3v) is 4.05. The summed E-state index contributed by atoms with van der Waals surface area (Å²) < 4.78 is 10.3. The zero-order valence-electron chi connectivity index (χ0n) is 15.2. The van der Waals surface area contributed by atoms with Crippen molar-refractivity contribution in [2.45, 2.75) is 40.5 Å². The number of amides is 2. The van der Waals surface area contributed by atoms with Crippen molar-refractivity contribution >= 4 is 23.3 Å². The molecule has 1 aromatic rings. The molecule has 25 heavy (non-hydrogen) atoms. The van der Waals surface area contributed by atoms with E-state index in [0.717, 1.165) is 18.4 Å². The Morgan fingerprint density at radius 1 is 1.20 bits per heavy atom. The number of hydrazine groups is 1. The molecule has 1 heterocycles. The number of ether oxygens (including phenoxy) is 2. The van der Waals surface area contributed by atoms with Crippen LogP contribution in [0.1, 0.15) is 50.2 Å². The molecule has 0 spiro atoms. The molecule has 138 valence electrons. The molecule has 1 rings (SSSR count). The lowest BCUT2D eigenvalue weighted by molar-refractivity contribution is 0.0916. The van der Waals surface area contributed by atoms with Gasteiger partial charge in [-0.3, -0.25) is 10.2 Å². The summed E-state index contributed by atoms with van der Waals surface area (Å²) in [7, 11) is 0. The summed E-state index contributed by atoms with van der Waals surface area (Å²) in [6, 6.07) is 1.71. The van der Waals surface area contributed by atoms with E-state index in [1.165, 1.54) is 16.9 Å². The molecule has 0 saturated heterocycles. The summed E-state index contributed by atoms with van der Waals surface area (Å²) in [6.07, 6.45) is 5.20. The van der Waals surface area contributed by atoms with E-state index in [1.54, 1.807) is 11.4 Å². The van der Waals surface area contributed by atoms with E-state index >= 15 is 0 Å². The number of rotatable bonds is 8. The van der Waals surface area contributed by atoms with Gasteiger partial charge in [0.2, 0.25) is 0 Å². The highest BCUT2D eigenvalue weighted by molar-refractivity contribution is 7.12. The molecule has 0 atom stereocenters. The van der Waals surface area contributed by atoms with Crippen molar-refractivity contribution in [3.8, 4) is 5.75 Å². The van der Waals surface area contributed by atoms with Crippen LogP contribution in [0.3, 0.4) is 0 Å². The van der Waals surface area contributed by atoms with Gasteiger partial charge in [0.15, 0.2) is 0 Å². The summed E-state index contributed by atoms with van der Waals surface area (Å²) in [5.41, 5.74) is 6.97. The van der Waals surface area contributed by atoms with Gasteiger partial charge in [-0.05, 0) is 58.1 Å². The van der Waals surface area contributed by atoms with Crippen LogP contribution in [0.25, 0.3) is 0 Å². The molecule has 0 aromatic carbocycles. The first-order valence-electron chi connectivity index (χ1n) is 8.16. The van der Waals surface area contributed by atoms with Gasteiger partial charge in [-0.2, -0.15) is 0 Å². The first-order chi connectivity index (χ1) is 11.9. The molecule has 0 fully saturated rings. The smallest absolute Gasteiger partial charge is 0.426 e. The predicted octanol–water partition coefficient (Wildman–Crippen LogP) is 4.21. The predicted molar refractivity (Wildman–Crippen MR) is 99.9 cm³/mol. The van der Waals surface area contributed by atoms with Gasteiger partial charge in [0, 0.05) is 0 Å². The van der Waals surface area contributed by atoms with E-state index in [9.17, 15) is 9.59 Å². The van der Waals surface area contributed by atoms with Crippen LogP contribution in [0.5, 0.6) is 5.75 Å². The van der Waals surface area contributed by atoms with Crippen LogP contribution in [0.4, 0.5) is 4.79 Å². The number of carbonyl (C=O) groups is 2. The summed E-state index contributed by atoms with van der Waals surface area (Å²) in [5, 5.41) is 1.75. The number of thiophene rings is 1. The fourth-order valence-corrected chi connectivity index (χ4v) is 2.61. The maximum Gasteiger partial charge on any atom is 0.426 e. The highest BCUT2D eigenvalue weighted by atomic mass is 32.1. The van der Waals surface area contributed by atoms with E-state index in [2.05, 4.69) is 30.8 Å². The van der Waals surface area contributed by atoms with Gasteiger partial charge in [-0.25, -0.2) is 10.2 Å². The minimum Gasteiger partial charge on any atom is -0.492 e. The number of carbonyl (C=O) groups excluding carboxylic acids is 2. The highest BCUT2D eigenvalue weighted by Crippen LogP contribution is 2.24. The van der Waals surface area contributed by atoms with E-state index < -0.39 is 12.0 Å². The van der Waals surface area contributed by atoms with Gasteiger partial charge in [0.05, 0.1) is 6.61 Å². The summed E-state index contributed by atoms with van der Waals surface area (Å²) >= 11 is 1.24. The second-order valence-corrected chi connectivity index (χ2v) is 6.51. The molecule has 0 aliphatic rings. The van der Waals surface area contributed by atoms with Crippen LogP contribution in [0.15, 0.2) is 34.7 Å². The van der Waals surface area contributed by atoms with E-state index in [0.29, 0.717) is 17.2 Å². The van der Waals surface area contributed by atoms with Crippen molar-refractivity contribution in [3.63, 3.8) is 0 Å². The third kappa shape index (κ3) is 8.39. The van der Waals surface area contributed by atoms with Crippen molar-refractivity contribution in [1.29, 1.82) is 0 Å². The molecule has 0 bridgehead atoms. The lowest BCUT2D eigenvalue weighted by Gasteiger charge is -2.08. The number of hydrogen-bond donors (Lipinski definition) is 2. The Bertz CT molecular complexity index is 631. The molecule has 2 N–H and O–H groups in total. The van der Waals surface area contributed by atoms with Gasteiger partial charge in [-0.15, -0.1) is 11.3 Å². The Morgan fingerprint density at radius 2 is 1.96 bits per heavy atom. The maximum atomic E-state index is 12.0. The highest BCUT2D eigenvalue weighted by Gasteiger charge is 2.15. The quantitative estimate of drug-likeness (QED) is 0.534. The van der Waals surface area contributed by atoms with Crippen molar-refractivity contribution in [3.05, 3.63) is 39.6 Å². The molecule has 0 radical (unpaired) electrons. The SMILES string of the molecule is CCOc1ccsc1C(=O)NNC(=O)OC/C=C(/C)CCC=C(C)C. The zero-order chi connectivity index (χ0) is 18.7. The van der Waals surface area contributed by atoms with Gasteiger partial charge in [0.25, 0.3) is 5.91 Å². The molecule has 0 unspecified atom stereocenters. The fraction of sp³-hybridized carbons (Fsp3) is 0.444. The average molecular weight is 366 g/mol. The molecular weight excluding hydrogens is 340 g/mol. The topological polar surface area (TPSA) is 76.7 Å². The summed E-state index contributed by atoms with van der Waals surface area (Å²) in [4.78, 5) is 24.0. The van der Waals surface area contributed by atoms with Gasteiger partial charge in [0.1, 0.15) is 17.2 Å². The molecule has 6 nitrogen and oxygen atoms in total. The number of nitrogens with one attached hydrogen (secondary N) is 2. The minimum absolute atomic E-state index is 0.158. The van der Waals surface area contributed by atoms with Gasteiger partial charge in [-0.1, -0.05) is 17.2 Å². The maximum absolute atomic E-state index is 12.0. The number of allylic oxidation sites excluding steroid dienone is 3. The molecule has 0 aliphatic heterocycles. The molecule has 0 saturated carbocycles. The van der Waals surface area contributed by atoms with Gasteiger partial charge >= 0.3 is 6.09 Å². The van der Waals surface area contributed by atoms with Crippen molar-refractivity contribution in [1.82, 2.24) is 10.9 Å². The van der Waals surface area contributed by atoms with Crippen LogP contribution in [-0.4, -0.2) is 25.2 Å². The lowest BCUT2D eigenvalue weighted by Crippen LogP contribution is -2.41. The fourth-order valence-electron chi connectivity index (χ4n) is 1.88. The molecule has 7 heteroatoms. The van der Waals surface area contributed by atoms with Crippen molar-refractivity contribution in [2.24, 2.45) is 0 Å². The van der Waals surface area contributed by atoms with Crippen LogP contribution < -0.4 is 15.6 Å². The van der Waals surface area contributed by atoms with Gasteiger partial charge < -0.3 is 9.47 Å². The molecule has 1 aromatic heterocycles. The standard InChI is InChI=1S/C18H26N2O4S/c1-5-23-15-10-12-25-16(15)17(21)19-20-18(22)24-11-9-14(4)8-6-7-13(2)3/h7,9-10,12H,5-6,8,11H2,1-4H3,(H,19,21)(H,20,22)/b14-9-. The minimum atomic E-state index is -0.712. The Labute approximate surface area is 152 Å². The van der Waals surface area contributed by atoms with E-state index in [-0.39, 0.29) is 6.61 Å². The van der Waals surface area contributed by atoms with Crippen LogP contribution in [0, 0.1) is 0 Å². The Balaban J connectivity index is 2.31. The van der Waals surface area contributed by atoms with E-state index in [1.807, 2.05) is 19.9 Å². The summed E-state index contributed by atoms with van der Waals surface area (Å²) in [5.74, 6) is 0.0546. The molecule has 0 aliphatic carbocycles. The molecule has 2 amide bonds. The first kappa shape index (κ1) is 20.8. The normalized spacial score (nSPS) is 10.8. The Kier molecular flexibility index (Phi) is 9.39. The van der Waals surface area contributed by atoms with Crippen LogP contribution in [0.2, 0.25) is 0 Å². The Morgan fingerprint density at radius 3 is 2.64 bits per heavy atom. The van der Waals surface area contributed by atoms with Crippen molar-refractivity contribution < 1.29 is 19.1 Å². The number of hydrogen-bond acceptors (Lipinski definition) is 5. The summed E-state index contributed by atoms with van der Waals surface area (Å²) in [6.45, 7) is 8.58. The first-order valence-corrected chi connectivity index (χ1v) is 9.04. The largest absolute Gasteiger partial charge is 0.492 e. The molecular formula is C18H26N2O4S. The second kappa shape index (κ2) is 11.3. The monoisotopic (exact) mass is 366 g/mol. The van der Waals surface area contributed by atoms with Crippen molar-refractivity contribution in [2.75, 3.05) is 13.2 Å². The lowest BCUT2D eigenvalue weighted by atomic mass is 10.1. The van der Waals surface area contributed by atoms with Crippen LogP contribution >= 0.6 is 11.3 Å².